The number of benzene rings is 1. The molecule has 0 bridgehead atoms. The van der Waals surface area contributed by atoms with Crippen LogP contribution in [0.4, 0.5) is 17.6 Å². The number of imidazole rings is 2. The number of ether oxygens (including phenoxy) is 8. The monoisotopic (exact) mass is 1730 g/mol. The van der Waals surface area contributed by atoms with Gasteiger partial charge >= 0.3 is 46.1 Å². The van der Waals surface area contributed by atoms with Crippen molar-refractivity contribution in [2.45, 2.75) is 152 Å². The van der Waals surface area contributed by atoms with Crippen LogP contribution in [0.1, 0.15) is 84.7 Å². The Labute approximate surface area is 650 Å². The summed E-state index contributed by atoms with van der Waals surface area (Å²) < 4.78 is 111. The molecule has 20 atom stereocenters. The quantitative estimate of drug-likeness (QED) is 0.0339. The van der Waals surface area contributed by atoms with Crippen molar-refractivity contribution in [2.75, 3.05) is 88.3 Å². The van der Waals surface area contributed by atoms with Crippen LogP contribution in [-0.4, -0.2) is 221 Å². The van der Waals surface area contributed by atoms with Crippen LogP contribution in [-0.2, 0) is 130 Å². The van der Waals surface area contributed by atoms with Gasteiger partial charge in [0.2, 0.25) is 5.95 Å². The number of aromatic nitrogens is 12. The zero-order valence-corrected chi connectivity index (χ0v) is 69.6. The number of nitrogen functional groups attached to an aromatic ring is 3. The molecule has 4 saturated heterocycles. The van der Waals surface area contributed by atoms with Crippen LogP contribution in [0.5, 0.6) is 5.75 Å². The molecule has 110 heavy (non-hydrogen) atoms. The van der Waals surface area contributed by atoms with Gasteiger partial charge in [0.25, 0.3) is 11.1 Å². The molecule has 43 nitrogen and oxygen atoms in total. The first-order valence-corrected chi connectivity index (χ1v) is 44.6. The van der Waals surface area contributed by atoms with Crippen LogP contribution in [0.3, 0.4) is 0 Å². The lowest BCUT2D eigenvalue weighted by Crippen LogP contribution is -2.39. The van der Waals surface area contributed by atoms with Crippen molar-refractivity contribution in [2.24, 2.45) is 0 Å². The molecule has 52 heteroatoms. The predicted molar refractivity (Wildman–Crippen MR) is 411 cm³/mol. The second-order valence-corrected chi connectivity index (χ2v) is 36.2. The van der Waals surface area contributed by atoms with E-state index in [2.05, 4.69) is 53.7 Å². The third-order valence-corrected chi connectivity index (χ3v) is 23.9. The average Bonchev–Trinajstić information content (AvgIpc) is 1.62. The van der Waals surface area contributed by atoms with E-state index in [4.69, 9.17) is 139 Å². The van der Waals surface area contributed by atoms with Crippen LogP contribution in [0, 0.1) is 0 Å². The summed E-state index contributed by atoms with van der Waals surface area (Å²) in [5.74, 6) is 0.701. The SMILES string of the molecule is CC[C@H]1O[C@@H](n2ccc(=O)[nH]c2=O)[C@@H](OC)C1OP(O)(=S)OC.CC[C@H]1O[C@@H](n2ccc(N)nc2=O)[C@@H](OC)C1OP(O)(=S)OC.CC[C@H]1O[C@@H](n2cnc3c(=O)[nH]c(N)nc32)[C@@H](OC)C1OP(O)(=S)OC.CC[C@H]1O[C@@H](n2cnc3c(N)ncnc32)CC1OP(O)(=S)OC.COC.COP(=O)(O)Oc1ccccc1. The molecule has 11 rings (SSSR count). The van der Waals surface area contributed by atoms with Crippen molar-refractivity contribution in [3.05, 3.63) is 116 Å². The largest absolute Gasteiger partial charge is 0.527 e. The Morgan fingerprint density at radius 3 is 1.43 bits per heavy atom. The van der Waals surface area contributed by atoms with Crippen molar-refractivity contribution >= 4 is 122 Å². The summed E-state index contributed by atoms with van der Waals surface area (Å²) >= 11 is 19.6. The summed E-state index contributed by atoms with van der Waals surface area (Å²) in [7, 11) is 9.97. The van der Waals surface area contributed by atoms with E-state index in [1.54, 1.807) is 60.0 Å². The number of rotatable bonds is 26. The molecule has 616 valence electrons. The zero-order chi connectivity index (χ0) is 81.8. The molecule has 10 heterocycles. The fourth-order valence-electron chi connectivity index (χ4n) is 11.2. The Morgan fingerprint density at radius 2 is 0.973 bits per heavy atom. The maximum atomic E-state index is 12.0. The fourth-order valence-corrected chi connectivity index (χ4v) is 15.5. The van der Waals surface area contributed by atoms with E-state index in [9.17, 15) is 43.3 Å². The van der Waals surface area contributed by atoms with Crippen LogP contribution in [0.25, 0.3) is 22.3 Å². The molecule has 1 aromatic carbocycles. The number of nitrogens with two attached hydrogens (primary N) is 3. The van der Waals surface area contributed by atoms with Crippen LogP contribution < -0.4 is 44.2 Å². The maximum absolute atomic E-state index is 12.0. The van der Waals surface area contributed by atoms with Crippen molar-refractivity contribution in [1.29, 1.82) is 0 Å². The predicted octanol–water partition coefficient (Wildman–Crippen LogP) is 4.21. The van der Waals surface area contributed by atoms with E-state index in [1.807, 2.05) is 27.7 Å². The van der Waals surface area contributed by atoms with Gasteiger partial charge in [-0.2, -0.15) is 9.97 Å². The Kier molecular flexibility index (Phi) is 36.2. The van der Waals surface area contributed by atoms with E-state index >= 15 is 0 Å². The first kappa shape index (κ1) is 93.7. The summed E-state index contributed by atoms with van der Waals surface area (Å²) in [6, 6.07) is 11.0. The van der Waals surface area contributed by atoms with Crippen molar-refractivity contribution in [3.8, 4) is 5.75 Å². The summed E-state index contributed by atoms with van der Waals surface area (Å²) in [5, 5.41) is 0. The van der Waals surface area contributed by atoms with Gasteiger partial charge in [-0.25, -0.2) is 34.1 Å². The number of nitrogens with zero attached hydrogens (tertiary/aromatic N) is 10. The second kappa shape index (κ2) is 42.4. The lowest BCUT2D eigenvalue weighted by molar-refractivity contribution is -0.0540. The van der Waals surface area contributed by atoms with Crippen molar-refractivity contribution in [3.63, 3.8) is 0 Å². The number of nitrogens with one attached hydrogen (secondary N) is 2. The summed E-state index contributed by atoms with van der Waals surface area (Å²) in [4.78, 5) is 125. The number of hydrogen-bond donors (Lipinski definition) is 10. The lowest BCUT2D eigenvalue weighted by atomic mass is 10.1. The third-order valence-electron chi connectivity index (χ3n) is 16.3. The van der Waals surface area contributed by atoms with Gasteiger partial charge in [0.1, 0.15) is 66.3 Å². The van der Waals surface area contributed by atoms with E-state index in [-0.39, 0.29) is 41.4 Å². The van der Waals surface area contributed by atoms with Crippen molar-refractivity contribution in [1.82, 2.24) is 58.1 Å². The molecule has 0 radical (unpaired) electrons. The van der Waals surface area contributed by atoms with E-state index in [0.29, 0.717) is 54.8 Å². The first-order chi connectivity index (χ1) is 52.0. The van der Waals surface area contributed by atoms with E-state index in [1.165, 1.54) is 96.1 Å². The van der Waals surface area contributed by atoms with Crippen molar-refractivity contribution < 1.29 is 112 Å². The highest BCUT2D eigenvalue weighted by Gasteiger charge is 2.52. The second-order valence-electron chi connectivity index (χ2n) is 23.1. The first-order valence-electron chi connectivity index (χ1n) is 32.8. The highest BCUT2D eigenvalue weighted by atomic mass is 32.5. The molecule has 0 saturated carbocycles. The number of para-hydroxylation sites is 1. The Hall–Kier alpha value is -5.17. The highest BCUT2D eigenvalue weighted by molar-refractivity contribution is 8.08. The number of fused-ring (bicyclic) bond motifs is 2. The molecular formula is C58H92N15O28P5S4. The Balaban J connectivity index is 0.000000216. The molecule has 0 aliphatic carbocycles. The summed E-state index contributed by atoms with van der Waals surface area (Å²) in [6.07, 6.45) is 1.44. The molecule has 13 N–H and O–H groups in total. The molecule has 9 unspecified atom stereocenters. The number of hydrogen-bond acceptors (Lipinski definition) is 36. The minimum atomic E-state index is -3.90. The van der Waals surface area contributed by atoms with Crippen LogP contribution in [0.15, 0.2) is 93.0 Å². The number of anilines is 3. The van der Waals surface area contributed by atoms with Gasteiger partial charge in [-0.1, -0.05) is 45.9 Å². The van der Waals surface area contributed by atoms with Gasteiger partial charge in [-0.05, 0) is 91.1 Å². The fraction of sp³-hybridized carbons (Fsp3) is 0.586. The molecule has 4 aliphatic heterocycles. The van der Waals surface area contributed by atoms with Gasteiger partial charge in [0, 0.05) is 96.0 Å². The van der Waals surface area contributed by atoms with Gasteiger partial charge in [-0.3, -0.25) is 60.8 Å². The highest BCUT2D eigenvalue weighted by Crippen LogP contribution is 2.53. The molecule has 0 spiro atoms. The molecule has 4 fully saturated rings. The minimum absolute atomic E-state index is 0.0405. The Bertz CT molecular complexity index is 4620. The molecular weight excluding hydrogens is 1640 g/mol. The molecule has 6 aromatic heterocycles. The Morgan fingerprint density at radius 1 is 0.518 bits per heavy atom. The normalized spacial score (nSPS) is 26.9. The molecule has 7 aromatic rings. The van der Waals surface area contributed by atoms with Gasteiger partial charge in [-0.15, -0.1) is 0 Å². The summed E-state index contributed by atoms with van der Waals surface area (Å²) in [5.41, 5.74) is 16.3. The smallest absolute Gasteiger partial charge is 0.404 e. The van der Waals surface area contributed by atoms with E-state index < -0.39 is 131 Å². The van der Waals surface area contributed by atoms with Gasteiger partial charge in [0.05, 0.1) is 43.2 Å². The summed E-state index contributed by atoms with van der Waals surface area (Å²) in [6.45, 7) is -5.91. The lowest BCUT2D eigenvalue weighted by Gasteiger charge is -2.26. The third kappa shape index (κ3) is 24.9. The van der Waals surface area contributed by atoms with Crippen LogP contribution in [0.2, 0.25) is 0 Å². The number of phosphoric ester groups is 1. The number of aromatic amines is 2. The van der Waals surface area contributed by atoms with Gasteiger partial charge < -0.3 is 102 Å². The number of phosphoric acid groups is 1. The zero-order valence-electron chi connectivity index (χ0n) is 61.8. The molecule has 4 aliphatic rings. The average molecular weight is 1730 g/mol. The minimum Gasteiger partial charge on any atom is -0.404 e. The molecule has 0 amide bonds. The number of methoxy groups -OCH3 is 4. The number of H-pyrrole nitrogens is 2. The van der Waals surface area contributed by atoms with Crippen LogP contribution >= 0.6 is 34.7 Å². The maximum Gasteiger partial charge on any atom is 0.527 e. The van der Waals surface area contributed by atoms with Gasteiger partial charge in [0.15, 0.2) is 41.3 Å². The standard InChI is InChI=1S/C13H20N5O6PS.C12H18N5O4PS.C12H20N3O6PS.C12H19N2O7PS.C7H9O4P.C2H6O/c1-4-6-8(24-25(20,26)22-3)9(21-2)12(23-6)18-5-15-7-10(18)16-13(14)17-11(7)19;1-3-7-8(21-22(18,23)19-2)4-9(20-7)17-6-16-10-11(13)14-5-15-12(10)17;1-4-7-9(21-22(17,23)19-3)10(18-2)11(20-7)15-6-5-8(13)14-12(15)16;1-4-7-9(21-22(17,23)19-3)10(18-2)11(20-7)14-6-5-8(15)13-12(14)16;1-10-12(8,9)11-7-5-3-2-4-6-7;1-3-2/h5-6,8-9,12H,4H2,1-3H3,(H,20,26)(H3,14,16,17,19);5-9H,3-4H2,1-2H3,(H,18,23)(H2,13,14,15);5-7,9-11H,4H2,1-3H3,(H,17,23)(H2,13,14,16);5-7,9-11H,4H2,1-3H3,(H,17,23)(H,13,15,16);2-6H,1H3,(H,8,9);1-2H3/t6-,8?,9+,12-,25?;7-,8?,9-,22?;2*7-,9?,10+,11-,22?;;/m1111../s1. The topological polar surface area (TPSA) is 559 Å². The van der Waals surface area contributed by atoms with E-state index in [0.717, 1.165) is 7.11 Å².